The molecule has 0 heterocycles. The van der Waals surface area contributed by atoms with Gasteiger partial charge < -0.3 is 15.2 Å². The third-order valence-corrected chi connectivity index (χ3v) is 3.87. The number of carboxylic acid groups (broad SMARTS) is 1. The molecule has 7 nitrogen and oxygen atoms in total. The van der Waals surface area contributed by atoms with Crippen LogP contribution in [0.4, 0.5) is 5.69 Å². The Morgan fingerprint density at radius 3 is 2.35 bits per heavy atom. The summed E-state index contributed by atoms with van der Waals surface area (Å²) in [5.74, 6) is -2.03. The van der Waals surface area contributed by atoms with Gasteiger partial charge in [-0.05, 0) is 24.3 Å². The number of ether oxygens (including phenoxy) is 1. The Morgan fingerprint density at radius 1 is 1.25 bits per heavy atom. The van der Waals surface area contributed by atoms with E-state index in [0.29, 0.717) is 11.4 Å². The van der Waals surface area contributed by atoms with Crippen LogP contribution < -0.4 is 10.1 Å². The summed E-state index contributed by atoms with van der Waals surface area (Å²) >= 11 is 0. The first kappa shape index (κ1) is 16.0. The first-order chi connectivity index (χ1) is 9.32. The second-order valence-corrected chi connectivity index (χ2v) is 6.28. The number of carbonyl (C=O) groups is 2. The fourth-order valence-corrected chi connectivity index (χ4v) is 1.95. The summed E-state index contributed by atoms with van der Waals surface area (Å²) in [6.07, 6.45) is 0. The monoisotopic (exact) mass is 301 g/mol. The second kappa shape index (κ2) is 6.90. The highest BCUT2D eigenvalue weighted by Gasteiger charge is 2.14. The van der Waals surface area contributed by atoms with E-state index in [-0.39, 0.29) is 5.75 Å². The average Bonchev–Trinajstić information content (AvgIpc) is 2.37. The lowest BCUT2D eigenvalue weighted by atomic mass is 10.3. The molecule has 0 saturated carbocycles. The number of carbonyl (C=O) groups excluding carboxylic acids is 1. The van der Waals surface area contributed by atoms with Gasteiger partial charge in [0.2, 0.25) is 5.91 Å². The van der Waals surface area contributed by atoms with Crippen molar-refractivity contribution in [3.05, 3.63) is 24.3 Å². The Bertz CT molecular complexity index is 578. The predicted octanol–water partition coefficient (Wildman–Crippen LogP) is 0.523. The van der Waals surface area contributed by atoms with Crippen molar-refractivity contribution in [2.75, 3.05) is 23.4 Å². The molecular formula is C12H15NO6S. The van der Waals surface area contributed by atoms with Crippen LogP contribution in [0.25, 0.3) is 0 Å². The molecule has 0 spiro atoms. The summed E-state index contributed by atoms with van der Waals surface area (Å²) in [6.45, 7) is 1.01. The first-order valence-corrected chi connectivity index (χ1v) is 7.59. The molecule has 2 N–H and O–H groups in total. The molecule has 0 unspecified atom stereocenters. The molecule has 1 aromatic rings. The Kier molecular flexibility index (Phi) is 5.51. The summed E-state index contributed by atoms with van der Waals surface area (Å²) in [7, 11) is -3.37. The van der Waals surface area contributed by atoms with E-state index in [1.54, 1.807) is 0 Å². The fraction of sp³-hybridized carbons (Fsp3) is 0.333. The molecule has 0 aliphatic heterocycles. The van der Waals surface area contributed by atoms with Crippen molar-refractivity contribution in [1.82, 2.24) is 0 Å². The summed E-state index contributed by atoms with van der Waals surface area (Å²) in [5.41, 5.74) is 0.406. The zero-order valence-corrected chi connectivity index (χ0v) is 11.6. The highest BCUT2D eigenvalue weighted by atomic mass is 32.2. The normalized spacial score (nSPS) is 10.8. The van der Waals surface area contributed by atoms with Gasteiger partial charge >= 0.3 is 5.97 Å². The van der Waals surface area contributed by atoms with Crippen LogP contribution in [0.3, 0.4) is 0 Å². The SMILES string of the molecule is CCS(=O)(=O)CC(=O)Nc1ccc(OCC(=O)O)cc1. The number of nitrogens with one attached hydrogen (secondary N) is 1. The van der Waals surface area contributed by atoms with Crippen molar-refractivity contribution in [3.63, 3.8) is 0 Å². The lowest BCUT2D eigenvalue weighted by Gasteiger charge is -2.07. The van der Waals surface area contributed by atoms with Gasteiger partial charge in [0.15, 0.2) is 16.4 Å². The van der Waals surface area contributed by atoms with Crippen molar-refractivity contribution >= 4 is 27.4 Å². The molecule has 0 aromatic heterocycles. The molecule has 0 aliphatic rings. The van der Waals surface area contributed by atoms with E-state index in [4.69, 9.17) is 9.84 Å². The van der Waals surface area contributed by atoms with E-state index in [2.05, 4.69) is 5.32 Å². The maximum absolute atomic E-state index is 11.5. The van der Waals surface area contributed by atoms with Crippen LogP contribution in [0.15, 0.2) is 24.3 Å². The van der Waals surface area contributed by atoms with Crippen LogP contribution in [0.1, 0.15) is 6.92 Å². The zero-order chi connectivity index (χ0) is 15.2. The van der Waals surface area contributed by atoms with Gasteiger partial charge in [-0.2, -0.15) is 0 Å². The standard InChI is InChI=1S/C12H15NO6S/c1-2-20(17,18)8-11(14)13-9-3-5-10(6-4-9)19-7-12(15)16/h3-6H,2,7-8H2,1H3,(H,13,14)(H,15,16). The minimum Gasteiger partial charge on any atom is -0.482 e. The molecule has 0 bridgehead atoms. The highest BCUT2D eigenvalue weighted by molar-refractivity contribution is 7.92. The molecule has 1 amide bonds. The Hall–Kier alpha value is -2.09. The van der Waals surface area contributed by atoms with E-state index in [1.165, 1.54) is 31.2 Å². The van der Waals surface area contributed by atoms with Gasteiger partial charge in [0, 0.05) is 11.4 Å². The predicted molar refractivity (Wildman–Crippen MR) is 72.5 cm³/mol. The molecule has 1 aromatic carbocycles. The molecule has 0 radical (unpaired) electrons. The number of amides is 1. The molecule has 0 aliphatic carbocycles. The number of rotatable bonds is 7. The summed E-state index contributed by atoms with van der Waals surface area (Å²) in [4.78, 5) is 21.8. The molecule has 20 heavy (non-hydrogen) atoms. The van der Waals surface area contributed by atoms with Gasteiger partial charge in [0.1, 0.15) is 11.5 Å². The third-order valence-electron chi connectivity index (χ3n) is 2.29. The van der Waals surface area contributed by atoms with Gasteiger partial charge in [-0.1, -0.05) is 6.92 Å². The Labute approximate surface area is 116 Å². The van der Waals surface area contributed by atoms with Crippen LogP contribution in [-0.2, 0) is 19.4 Å². The van der Waals surface area contributed by atoms with Gasteiger partial charge in [-0.3, -0.25) is 4.79 Å². The van der Waals surface area contributed by atoms with Crippen molar-refractivity contribution in [3.8, 4) is 5.75 Å². The van der Waals surface area contributed by atoms with Crippen LogP contribution in [0, 0.1) is 0 Å². The van der Waals surface area contributed by atoms with Crippen molar-refractivity contribution < 1.29 is 27.9 Å². The number of hydrogen-bond donors (Lipinski definition) is 2. The molecule has 8 heteroatoms. The minimum absolute atomic E-state index is 0.0949. The quantitative estimate of drug-likeness (QED) is 0.760. The topological polar surface area (TPSA) is 110 Å². The Morgan fingerprint density at radius 2 is 1.85 bits per heavy atom. The van der Waals surface area contributed by atoms with Gasteiger partial charge in [-0.25, -0.2) is 13.2 Å². The first-order valence-electron chi connectivity index (χ1n) is 5.77. The number of hydrogen-bond acceptors (Lipinski definition) is 5. The molecule has 0 atom stereocenters. The smallest absolute Gasteiger partial charge is 0.341 e. The van der Waals surface area contributed by atoms with Crippen LogP contribution in [0.2, 0.25) is 0 Å². The van der Waals surface area contributed by atoms with E-state index < -0.39 is 34.1 Å². The Balaban J connectivity index is 2.57. The zero-order valence-electron chi connectivity index (χ0n) is 10.8. The van der Waals surface area contributed by atoms with Crippen molar-refractivity contribution in [1.29, 1.82) is 0 Å². The molecule has 0 fully saturated rings. The van der Waals surface area contributed by atoms with Crippen LogP contribution >= 0.6 is 0 Å². The number of aliphatic carboxylic acids is 1. The maximum atomic E-state index is 11.5. The molecule has 110 valence electrons. The van der Waals surface area contributed by atoms with Crippen molar-refractivity contribution in [2.24, 2.45) is 0 Å². The van der Waals surface area contributed by atoms with Gasteiger partial charge in [0.25, 0.3) is 0 Å². The second-order valence-electron chi connectivity index (χ2n) is 3.93. The molecule has 1 rings (SSSR count). The number of sulfone groups is 1. The van der Waals surface area contributed by atoms with Gasteiger partial charge in [-0.15, -0.1) is 0 Å². The highest BCUT2D eigenvalue weighted by Crippen LogP contribution is 2.15. The van der Waals surface area contributed by atoms with Crippen LogP contribution in [-0.4, -0.2) is 43.5 Å². The van der Waals surface area contributed by atoms with E-state index in [9.17, 15) is 18.0 Å². The summed E-state index contributed by atoms with van der Waals surface area (Å²) in [6, 6.07) is 5.95. The van der Waals surface area contributed by atoms with Crippen molar-refractivity contribution in [2.45, 2.75) is 6.92 Å². The van der Waals surface area contributed by atoms with E-state index >= 15 is 0 Å². The fourth-order valence-electron chi connectivity index (χ4n) is 1.28. The van der Waals surface area contributed by atoms with Gasteiger partial charge in [0.05, 0.1) is 0 Å². The van der Waals surface area contributed by atoms with E-state index in [0.717, 1.165) is 0 Å². The lowest BCUT2D eigenvalue weighted by Crippen LogP contribution is -2.23. The number of benzene rings is 1. The average molecular weight is 301 g/mol. The maximum Gasteiger partial charge on any atom is 0.341 e. The number of carboxylic acids is 1. The lowest BCUT2D eigenvalue weighted by molar-refractivity contribution is -0.139. The minimum atomic E-state index is -3.37. The van der Waals surface area contributed by atoms with Crippen LogP contribution in [0.5, 0.6) is 5.75 Å². The van der Waals surface area contributed by atoms with E-state index in [1.807, 2.05) is 0 Å². The largest absolute Gasteiger partial charge is 0.482 e. The third kappa shape index (κ3) is 5.70. The number of anilines is 1. The summed E-state index contributed by atoms with van der Waals surface area (Å²) in [5, 5.41) is 10.9. The summed E-state index contributed by atoms with van der Waals surface area (Å²) < 4.78 is 27.5. The molecule has 0 saturated heterocycles. The molecular weight excluding hydrogens is 286 g/mol.